The second kappa shape index (κ2) is 3.89. The van der Waals surface area contributed by atoms with E-state index in [0.717, 1.165) is 0 Å². The lowest BCUT2D eigenvalue weighted by Crippen LogP contribution is -2.22. The molecule has 76 valence electrons. The summed E-state index contributed by atoms with van der Waals surface area (Å²) in [5.74, 6) is 0.568. The zero-order valence-corrected chi connectivity index (χ0v) is 7.77. The molecule has 1 saturated carbocycles. The Labute approximate surface area is 76.2 Å². The highest BCUT2D eigenvalue weighted by molar-refractivity contribution is 4.85. The molecule has 0 aromatic heterocycles. The van der Waals surface area contributed by atoms with Crippen molar-refractivity contribution in [2.24, 2.45) is 11.8 Å². The number of halogens is 1. The minimum absolute atomic E-state index is 0.208. The van der Waals surface area contributed by atoms with Crippen molar-refractivity contribution in [1.82, 2.24) is 0 Å². The van der Waals surface area contributed by atoms with Crippen LogP contribution in [0.25, 0.3) is 0 Å². The molecule has 0 saturated heterocycles. The summed E-state index contributed by atoms with van der Waals surface area (Å²) in [6, 6.07) is 0. The molecule has 1 aliphatic carbocycles. The monoisotopic (exact) mass is 191 g/mol. The van der Waals surface area contributed by atoms with Gasteiger partial charge in [-0.05, 0) is 24.7 Å². The van der Waals surface area contributed by atoms with Crippen molar-refractivity contribution in [1.29, 1.82) is 0 Å². The normalized spacial score (nSPS) is 33.7. The van der Waals surface area contributed by atoms with E-state index in [9.17, 15) is 14.5 Å². The van der Waals surface area contributed by atoms with Crippen LogP contribution >= 0.6 is 0 Å². The molecule has 0 bridgehead atoms. The molecule has 0 amide bonds. The molecule has 0 aromatic rings. The molecular formula is C8H14FNO3. The van der Waals surface area contributed by atoms with Crippen molar-refractivity contribution in [3.63, 3.8) is 0 Å². The van der Waals surface area contributed by atoms with Crippen molar-refractivity contribution in [2.75, 3.05) is 0 Å². The molecule has 0 radical (unpaired) electrons. The van der Waals surface area contributed by atoms with E-state index in [1.807, 2.05) is 13.8 Å². The maximum atomic E-state index is 13.1. The summed E-state index contributed by atoms with van der Waals surface area (Å²) >= 11 is 0. The minimum atomic E-state index is -1.18. The highest BCUT2D eigenvalue weighted by atomic mass is 19.1. The fourth-order valence-corrected chi connectivity index (χ4v) is 1.75. The number of rotatable bonds is 3. The third kappa shape index (κ3) is 2.54. The molecule has 0 aliphatic heterocycles. The lowest BCUT2D eigenvalue weighted by Gasteiger charge is -2.12. The summed E-state index contributed by atoms with van der Waals surface area (Å²) in [6.45, 7) is 3.98. The molecule has 3 unspecified atom stereocenters. The molecule has 3 atom stereocenters. The van der Waals surface area contributed by atoms with Gasteiger partial charge in [0.2, 0.25) is 0 Å². The molecule has 0 N–H and O–H groups in total. The molecule has 1 fully saturated rings. The Bertz CT molecular complexity index is 198. The average molecular weight is 191 g/mol. The molecule has 4 nitrogen and oxygen atoms in total. The first kappa shape index (κ1) is 10.2. The molecule has 1 aliphatic rings. The van der Waals surface area contributed by atoms with Gasteiger partial charge < -0.3 is 4.84 Å². The van der Waals surface area contributed by atoms with Crippen LogP contribution in [0.15, 0.2) is 0 Å². The Kier molecular flexibility index (Phi) is 3.06. The summed E-state index contributed by atoms with van der Waals surface area (Å²) in [7, 11) is 0. The van der Waals surface area contributed by atoms with E-state index in [0.29, 0.717) is 18.8 Å². The van der Waals surface area contributed by atoms with Crippen molar-refractivity contribution >= 4 is 0 Å². The largest absolute Gasteiger partial charge is 0.308 e. The minimum Gasteiger partial charge on any atom is -0.308 e. The number of nitrogens with zero attached hydrogens (tertiary/aromatic N) is 1. The first-order chi connectivity index (χ1) is 6.00. The van der Waals surface area contributed by atoms with E-state index < -0.39 is 17.4 Å². The first-order valence-electron chi connectivity index (χ1n) is 4.46. The van der Waals surface area contributed by atoms with Crippen molar-refractivity contribution in [3.05, 3.63) is 10.1 Å². The maximum Gasteiger partial charge on any atom is 0.294 e. The zero-order valence-electron chi connectivity index (χ0n) is 7.77. The van der Waals surface area contributed by atoms with E-state index in [4.69, 9.17) is 0 Å². The Balaban J connectivity index is 2.46. The van der Waals surface area contributed by atoms with Gasteiger partial charge in [-0.15, -0.1) is 10.1 Å². The van der Waals surface area contributed by atoms with Gasteiger partial charge in [0.15, 0.2) is 0 Å². The Hall–Kier alpha value is -0.870. The first-order valence-corrected chi connectivity index (χ1v) is 4.46. The van der Waals surface area contributed by atoms with Gasteiger partial charge in [0, 0.05) is 0 Å². The topological polar surface area (TPSA) is 52.4 Å². The molecule has 13 heavy (non-hydrogen) atoms. The van der Waals surface area contributed by atoms with Crippen LogP contribution in [0.3, 0.4) is 0 Å². The molecule has 1 rings (SSSR count). The van der Waals surface area contributed by atoms with Crippen LogP contribution in [-0.4, -0.2) is 17.4 Å². The number of hydrogen-bond donors (Lipinski definition) is 0. The van der Waals surface area contributed by atoms with Crippen LogP contribution in [0.2, 0.25) is 0 Å². The van der Waals surface area contributed by atoms with Crippen LogP contribution in [0, 0.1) is 22.0 Å². The summed E-state index contributed by atoms with van der Waals surface area (Å²) in [4.78, 5) is 14.2. The van der Waals surface area contributed by atoms with Crippen LogP contribution in [0.1, 0.15) is 26.7 Å². The second-order valence-electron chi connectivity index (χ2n) is 3.86. The van der Waals surface area contributed by atoms with Gasteiger partial charge in [0.1, 0.15) is 12.3 Å². The van der Waals surface area contributed by atoms with Gasteiger partial charge in [-0.3, -0.25) is 0 Å². The molecule has 5 heteroatoms. The summed E-state index contributed by atoms with van der Waals surface area (Å²) in [5.41, 5.74) is 0. The summed E-state index contributed by atoms with van der Waals surface area (Å²) in [6.07, 6.45) is -1.18. The number of hydrogen-bond acceptors (Lipinski definition) is 3. The number of alkyl halides is 1. The fourth-order valence-electron chi connectivity index (χ4n) is 1.75. The standard InChI is InChI=1S/C8H14FNO3/c1-5(2)6-3-7(9)8(4-6)13-10(11)12/h5-8H,3-4H2,1-2H3. The molecule has 0 aromatic carbocycles. The quantitative estimate of drug-likeness (QED) is 0.506. The van der Waals surface area contributed by atoms with E-state index in [-0.39, 0.29) is 5.92 Å². The fraction of sp³-hybridized carbons (Fsp3) is 1.00. The highest BCUT2D eigenvalue weighted by Crippen LogP contribution is 2.35. The van der Waals surface area contributed by atoms with Crippen LogP contribution in [-0.2, 0) is 4.84 Å². The summed E-state index contributed by atoms with van der Waals surface area (Å²) < 4.78 is 13.1. The highest BCUT2D eigenvalue weighted by Gasteiger charge is 2.38. The van der Waals surface area contributed by atoms with E-state index in [2.05, 4.69) is 4.84 Å². The van der Waals surface area contributed by atoms with Gasteiger partial charge in [-0.1, -0.05) is 13.8 Å². The van der Waals surface area contributed by atoms with Crippen LogP contribution < -0.4 is 0 Å². The van der Waals surface area contributed by atoms with Gasteiger partial charge in [0.05, 0.1) is 0 Å². The summed E-state index contributed by atoms with van der Waals surface area (Å²) in [5, 5.41) is 9.09. The predicted molar refractivity (Wildman–Crippen MR) is 44.3 cm³/mol. The molecular weight excluding hydrogens is 177 g/mol. The smallest absolute Gasteiger partial charge is 0.294 e. The van der Waals surface area contributed by atoms with E-state index >= 15 is 0 Å². The van der Waals surface area contributed by atoms with Crippen LogP contribution in [0.5, 0.6) is 0 Å². The maximum absolute atomic E-state index is 13.1. The van der Waals surface area contributed by atoms with Crippen molar-refractivity contribution < 1.29 is 14.3 Å². The lowest BCUT2D eigenvalue weighted by atomic mass is 9.94. The van der Waals surface area contributed by atoms with E-state index in [1.165, 1.54) is 0 Å². The van der Waals surface area contributed by atoms with Gasteiger partial charge in [-0.25, -0.2) is 4.39 Å². The van der Waals surface area contributed by atoms with Crippen molar-refractivity contribution in [2.45, 2.75) is 39.0 Å². The molecule has 0 spiro atoms. The lowest BCUT2D eigenvalue weighted by molar-refractivity contribution is -0.769. The van der Waals surface area contributed by atoms with Gasteiger partial charge >= 0.3 is 0 Å². The Morgan fingerprint density at radius 2 is 2.15 bits per heavy atom. The van der Waals surface area contributed by atoms with Gasteiger partial charge in [-0.2, -0.15) is 0 Å². The Morgan fingerprint density at radius 1 is 1.54 bits per heavy atom. The van der Waals surface area contributed by atoms with E-state index in [1.54, 1.807) is 0 Å². The SMILES string of the molecule is CC(C)C1CC(F)C(O[N+](=O)[O-])C1. The third-order valence-corrected chi connectivity index (χ3v) is 2.63. The predicted octanol–water partition coefficient (Wildman–Crippen LogP) is 1.97. The average Bonchev–Trinajstić information content (AvgIpc) is 2.31. The van der Waals surface area contributed by atoms with Crippen molar-refractivity contribution in [3.8, 4) is 0 Å². The zero-order chi connectivity index (χ0) is 10.0. The van der Waals surface area contributed by atoms with Crippen LogP contribution in [0.4, 0.5) is 4.39 Å². The molecule has 0 heterocycles. The van der Waals surface area contributed by atoms with Gasteiger partial charge in [0.25, 0.3) is 5.09 Å². The Morgan fingerprint density at radius 3 is 2.54 bits per heavy atom. The third-order valence-electron chi connectivity index (χ3n) is 2.63. The second-order valence-corrected chi connectivity index (χ2v) is 3.86.